The molecule has 1 unspecified atom stereocenters. The molecule has 1 heterocycles. The Kier molecular flexibility index (Phi) is 4.92. The van der Waals surface area contributed by atoms with Crippen LogP contribution in [0, 0.1) is 0 Å². The zero-order valence-corrected chi connectivity index (χ0v) is 9.84. The Labute approximate surface area is 97.6 Å². The molecule has 1 aromatic heterocycles. The smallest absolute Gasteiger partial charge is 0.389 e. The number of nitrogens with zero attached hydrogens (tertiary/aromatic N) is 2. The van der Waals surface area contributed by atoms with Gasteiger partial charge in [-0.05, 0) is 13.0 Å². The molecule has 0 fully saturated rings. The van der Waals surface area contributed by atoms with Gasteiger partial charge in [-0.2, -0.15) is 13.2 Å². The summed E-state index contributed by atoms with van der Waals surface area (Å²) in [4.78, 5) is 0. The Morgan fingerprint density at radius 1 is 1.29 bits per heavy atom. The molecule has 0 saturated heterocycles. The topological polar surface area (TPSA) is 51.0 Å². The number of aryl methyl sites for hydroxylation is 1. The van der Waals surface area contributed by atoms with E-state index in [1.807, 2.05) is 13.8 Å². The second-order valence-corrected chi connectivity index (χ2v) is 3.67. The SMILES string of the molecule is CCNC(CC)c1nnc(CCC(F)(F)F)o1. The summed E-state index contributed by atoms with van der Waals surface area (Å²) in [7, 11) is 0. The molecule has 1 aromatic rings. The van der Waals surface area contributed by atoms with Gasteiger partial charge in [0.2, 0.25) is 11.8 Å². The highest BCUT2D eigenvalue weighted by Crippen LogP contribution is 2.22. The summed E-state index contributed by atoms with van der Waals surface area (Å²) in [6.07, 6.45) is -4.65. The van der Waals surface area contributed by atoms with Gasteiger partial charge in [0.25, 0.3) is 0 Å². The molecule has 0 aliphatic rings. The maximum atomic E-state index is 12.0. The Hall–Kier alpha value is -1.11. The van der Waals surface area contributed by atoms with Gasteiger partial charge in [0, 0.05) is 6.42 Å². The summed E-state index contributed by atoms with van der Waals surface area (Å²) >= 11 is 0. The minimum absolute atomic E-state index is 0.0358. The van der Waals surface area contributed by atoms with E-state index in [1.165, 1.54) is 0 Å². The average molecular weight is 251 g/mol. The van der Waals surface area contributed by atoms with E-state index in [1.54, 1.807) is 0 Å². The molecule has 17 heavy (non-hydrogen) atoms. The van der Waals surface area contributed by atoms with Gasteiger partial charge in [-0.15, -0.1) is 10.2 Å². The second kappa shape index (κ2) is 6.00. The van der Waals surface area contributed by atoms with Gasteiger partial charge >= 0.3 is 6.18 Å². The van der Waals surface area contributed by atoms with Crippen molar-refractivity contribution >= 4 is 0 Å². The number of alkyl halides is 3. The van der Waals surface area contributed by atoms with E-state index < -0.39 is 12.6 Å². The summed E-state index contributed by atoms with van der Waals surface area (Å²) in [6, 6.07) is -0.0906. The summed E-state index contributed by atoms with van der Waals surface area (Å²) in [6.45, 7) is 4.61. The van der Waals surface area contributed by atoms with Gasteiger partial charge in [-0.1, -0.05) is 13.8 Å². The lowest BCUT2D eigenvalue weighted by molar-refractivity contribution is -0.134. The van der Waals surface area contributed by atoms with Crippen LogP contribution in [0.1, 0.15) is 44.5 Å². The molecule has 7 heteroatoms. The lowest BCUT2D eigenvalue weighted by Crippen LogP contribution is -2.20. The van der Waals surface area contributed by atoms with Crippen LogP contribution in [0.15, 0.2) is 4.42 Å². The lowest BCUT2D eigenvalue weighted by Gasteiger charge is -2.10. The van der Waals surface area contributed by atoms with Crippen molar-refractivity contribution in [3.63, 3.8) is 0 Å². The minimum atomic E-state index is -4.19. The molecular weight excluding hydrogens is 235 g/mol. The van der Waals surface area contributed by atoms with Crippen molar-refractivity contribution in [2.45, 2.75) is 45.3 Å². The third-order valence-corrected chi connectivity index (χ3v) is 2.26. The standard InChI is InChI=1S/C10H16F3N3O/c1-3-7(14-4-2)9-16-15-8(17-9)5-6-10(11,12)13/h7,14H,3-6H2,1-2H3. The fourth-order valence-corrected chi connectivity index (χ4v) is 1.41. The molecule has 98 valence electrons. The Bertz CT molecular complexity index is 338. The Morgan fingerprint density at radius 3 is 2.53 bits per heavy atom. The first-order valence-electron chi connectivity index (χ1n) is 5.58. The van der Waals surface area contributed by atoms with Gasteiger partial charge in [0.1, 0.15) is 0 Å². The van der Waals surface area contributed by atoms with Gasteiger partial charge in [0.15, 0.2) is 0 Å². The third kappa shape index (κ3) is 4.72. The summed E-state index contributed by atoms with van der Waals surface area (Å²) in [5.41, 5.74) is 0. The van der Waals surface area contributed by atoms with Crippen LogP contribution in [-0.4, -0.2) is 22.9 Å². The fourth-order valence-electron chi connectivity index (χ4n) is 1.41. The van der Waals surface area contributed by atoms with E-state index in [-0.39, 0.29) is 18.4 Å². The van der Waals surface area contributed by atoms with Crippen LogP contribution in [0.5, 0.6) is 0 Å². The number of halogens is 3. The molecule has 0 bridgehead atoms. The van der Waals surface area contributed by atoms with E-state index >= 15 is 0 Å². The first kappa shape index (κ1) is 14.0. The van der Waals surface area contributed by atoms with Crippen LogP contribution >= 0.6 is 0 Å². The quantitative estimate of drug-likeness (QED) is 0.844. The molecule has 4 nitrogen and oxygen atoms in total. The monoisotopic (exact) mass is 251 g/mol. The van der Waals surface area contributed by atoms with Crippen molar-refractivity contribution in [1.29, 1.82) is 0 Å². The van der Waals surface area contributed by atoms with Crippen molar-refractivity contribution in [3.05, 3.63) is 11.8 Å². The van der Waals surface area contributed by atoms with E-state index in [0.29, 0.717) is 5.89 Å². The normalized spacial score (nSPS) is 13.9. The molecule has 0 saturated carbocycles. The molecule has 1 atom stereocenters. The predicted molar refractivity (Wildman–Crippen MR) is 55.4 cm³/mol. The van der Waals surface area contributed by atoms with Gasteiger partial charge in [0.05, 0.1) is 12.5 Å². The fraction of sp³-hybridized carbons (Fsp3) is 0.800. The molecular formula is C10H16F3N3O. The minimum Gasteiger partial charge on any atom is -0.424 e. The molecule has 1 N–H and O–H groups in total. The largest absolute Gasteiger partial charge is 0.424 e. The van der Waals surface area contributed by atoms with Crippen molar-refractivity contribution < 1.29 is 17.6 Å². The highest BCUT2D eigenvalue weighted by atomic mass is 19.4. The molecule has 0 amide bonds. The Morgan fingerprint density at radius 2 is 2.00 bits per heavy atom. The van der Waals surface area contributed by atoms with Crippen LogP contribution in [0.3, 0.4) is 0 Å². The van der Waals surface area contributed by atoms with Gasteiger partial charge in [-0.25, -0.2) is 0 Å². The second-order valence-electron chi connectivity index (χ2n) is 3.67. The van der Waals surface area contributed by atoms with Crippen molar-refractivity contribution in [2.75, 3.05) is 6.54 Å². The highest BCUT2D eigenvalue weighted by molar-refractivity contribution is 4.90. The predicted octanol–water partition coefficient (Wildman–Crippen LogP) is 2.63. The summed E-state index contributed by atoms with van der Waals surface area (Å²) < 4.78 is 41.2. The van der Waals surface area contributed by atoms with Crippen molar-refractivity contribution in [1.82, 2.24) is 15.5 Å². The Balaban J connectivity index is 2.58. The highest BCUT2D eigenvalue weighted by Gasteiger charge is 2.28. The molecule has 1 rings (SSSR count). The third-order valence-electron chi connectivity index (χ3n) is 2.26. The van der Waals surface area contributed by atoms with E-state index in [9.17, 15) is 13.2 Å². The number of hydrogen-bond acceptors (Lipinski definition) is 4. The maximum Gasteiger partial charge on any atom is 0.389 e. The number of aromatic nitrogens is 2. The van der Waals surface area contributed by atoms with Crippen LogP contribution < -0.4 is 5.32 Å². The molecule has 0 aromatic carbocycles. The average Bonchev–Trinajstić information content (AvgIpc) is 2.70. The molecule has 0 radical (unpaired) electrons. The molecule has 0 aliphatic carbocycles. The zero-order chi connectivity index (χ0) is 12.9. The van der Waals surface area contributed by atoms with Crippen LogP contribution in [0.4, 0.5) is 13.2 Å². The summed E-state index contributed by atoms with van der Waals surface area (Å²) in [5.74, 6) is 0.389. The lowest BCUT2D eigenvalue weighted by atomic mass is 10.2. The number of hydrogen-bond donors (Lipinski definition) is 1. The number of nitrogens with one attached hydrogen (secondary N) is 1. The van der Waals surface area contributed by atoms with Crippen molar-refractivity contribution in [2.24, 2.45) is 0 Å². The molecule has 0 spiro atoms. The van der Waals surface area contributed by atoms with Gasteiger partial charge < -0.3 is 9.73 Å². The van der Waals surface area contributed by atoms with E-state index in [4.69, 9.17) is 4.42 Å². The van der Waals surface area contributed by atoms with E-state index in [0.717, 1.165) is 13.0 Å². The summed E-state index contributed by atoms with van der Waals surface area (Å²) in [5, 5.41) is 10.5. The van der Waals surface area contributed by atoms with Crippen LogP contribution in [0.25, 0.3) is 0 Å². The van der Waals surface area contributed by atoms with Crippen LogP contribution in [-0.2, 0) is 6.42 Å². The van der Waals surface area contributed by atoms with Crippen molar-refractivity contribution in [3.8, 4) is 0 Å². The maximum absolute atomic E-state index is 12.0. The molecule has 0 aliphatic heterocycles. The number of rotatable bonds is 6. The first-order valence-corrected chi connectivity index (χ1v) is 5.58. The first-order chi connectivity index (χ1) is 7.96. The van der Waals surface area contributed by atoms with Gasteiger partial charge in [-0.3, -0.25) is 0 Å². The van der Waals surface area contributed by atoms with E-state index in [2.05, 4.69) is 15.5 Å². The zero-order valence-electron chi connectivity index (χ0n) is 9.84. The van der Waals surface area contributed by atoms with Crippen LogP contribution in [0.2, 0.25) is 0 Å².